The molecule has 148 valence electrons. The molecule has 1 atom stereocenters. The van der Waals surface area contributed by atoms with Crippen LogP contribution < -0.4 is 0 Å². The third-order valence-electron chi connectivity index (χ3n) is 7.46. The Balaban J connectivity index is 1.42. The predicted molar refractivity (Wildman–Crippen MR) is 129 cm³/mol. The minimum absolute atomic E-state index is 0.396. The standard InChI is InChI=1S/C30H23N/c1-31-28-16-7-6-14-25(28)29-27(23-12-4-5-13-24(23)30(29)31)18-20-10-8-15-22-21-11-3-2-9-19(21)17-26(20)22/h2-16,27H,17-18H2,1H3. The van der Waals surface area contributed by atoms with Gasteiger partial charge in [-0.05, 0) is 57.9 Å². The second-order valence-electron chi connectivity index (χ2n) is 8.96. The SMILES string of the molecule is Cn1c2c(c3ccccc31)C(Cc1cccc3c1Cc1ccccc1-3)c1ccccc1-2. The van der Waals surface area contributed by atoms with Gasteiger partial charge in [-0.25, -0.2) is 0 Å². The second-order valence-corrected chi connectivity index (χ2v) is 8.96. The van der Waals surface area contributed by atoms with E-state index in [1.165, 1.54) is 61.1 Å². The predicted octanol–water partition coefficient (Wildman–Crippen LogP) is 7.10. The second kappa shape index (κ2) is 6.21. The zero-order valence-electron chi connectivity index (χ0n) is 17.6. The molecule has 2 aliphatic carbocycles. The smallest absolute Gasteiger partial charge is 0.0530 e. The number of fused-ring (bicyclic) bond motifs is 8. The van der Waals surface area contributed by atoms with Crippen LogP contribution in [0.25, 0.3) is 33.3 Å². The van der Waals surface area contributed by atoms with Gasteiger partial charge in [0.05, 0.1) is 5.69 Å². The molecular formula is C30H23N. The summed E-state index contributed by atoms with van der Waals surface area (Å²) in [6, 6.07) is 33.7. The first-order chi connectivity index (χ1) is 15.3. The Morgan fingerprint density at radius 2 is 1.48 bits per heavy atom. The Kier molecular flexibility index (Phi) is 3.43. The summed E-state index contributed by atoms with van der Waals surface area (Å²) in [6.45, 7) is 0. The van der Waals surface area contributed by atoms with E-state index >= 15 is 0 Å². The highest BCUT2D eigenvalue weighted by Crippen LogP contribution is 2.51. The topological polar surface area (TPSA) is 4.93 Å². The minimum Gasteiger partial charge on any atom is -0.343 e. The summed E-state index contributed by atoms with van der Waals surface area (Å²) in [5.74, 6) is 0.396. The number of hydrogen-bond donors (Lipinski definition) is 0. The van der Waals surface area contributed by atoms with Gasteiger partial charge in [-0.15, -0.1) is 0 Å². The zero-order chi connectivity index (χ0) is 20.5. The van der Waals surface area contributed by atoms with Crippen molar-refractivity contribution in [2.75, 3.05) is 0 Å². The molecule has 0 radical (unpaired) electrons. The number of para-hydroxylation sites is 1. The Hall–Kier alpha value is -3.58. The third-order valence-corrected chi connectivity index (χ3v) is 7.46. The Morgan fingerprint density at radius 3 is 2.42 bits per heavy atom. The summed E-state index contributed by atoms with van der Waals surface area (Å²) in [4.78, 5) is 0. The van der Waals surface area contributed by atoms with Crippen molar-refractivity contribution in [3.63, 3.8) is 0 Å². The number of rotatable bonds is 2. The van der Waals surface area contributed by atoms with Crippen molar-refractivity contribution in [1.82, 2.24) is 4.57 Å². The summed E-state index contributed by atoms with van der Waals surface area (Å²) < 4.78 is 2.40. The Morgan fingerprint density at radius 1 is 0.742 bits per heavy atom. The number of nitrogens with zero attached hydrogens (tertiary/aromatic N) is 1. The summed E-state index contributed by atoms with van der Waals surface area (Å²) in [5.41, 5.74) is 14.4. The lowest BCUT2D eigenvalue weighted by Gasteiger charge is -2.17. The number of aromatic nitrogens is 1. The normalized spacial score (nSPS) is 15.6. The summed E-state index contributed by atoms with van der Waals surface area (Å²) in [5, 5.41) is 1.40. The van der Waals surface area contributed by atoms with Crippen molar-refractivity contribution in [2.24, 2.45) is 7.05 Å². The van der Waals surface area contributed by atoms with Crippen molar-refractivity contribution in [3.05, 3.63) is 119 Å². The molecule has 1 heteroatoms. The molecule has 0 spiro atoms. The minimum atomic E-state index is 0.396. The maximum Gasteiger partial charge on any atom is 0.0530 e. The van der Waals surface area contributed by atoms with E-state index < -0.39 is 0 Å². The number of aryl methyl sites for hydroxylation is 1. The lowest BCUT2D eigenvalue weighted by atomic mass is 9.86. The monoisotopic (exact) mass is 397 g/mol. The highest BCUT2D eigenvalue weighted by Gasteiger charge is 2.34. The van der Waals surface area contributed by atoms with Gasteiger partial charge in [-0.1, -0.05) is 84.9 Å². The van der Waals surface area contributed by atoms with Crippen LogP contribution in [0.2, 0.25) is 0 Å². The van der Waals surface area contributed by atoms with E-state index in [2.05, 4.69) is 103 Å². The first-order valence-electron chi connectivity index (χ1n) is 11.2. The van der Waals surface area contributed by atoms with E-state index in [9.17, 15) is 0 Å². The lowest BCUT2D eigenvalue weighted by Crippen LogP contribution is -2.04. The van der Waals surface area contributed by atoms with Crippen LogP contribution in [0.15, 0.2) is 91.0 Å². The maximum absolute atomic E-state index is 2.40. The Bertz CT molecular complexity index is 1500. The van der Waals surface area contributed by atoms with Crippen molar-refractivity contribution < 1.29 is 0 Å². The van der Waals surface area contributed by atoms with Gasteiger partial charge in [0.2, 0.25) is 0 Å². The average Bonchev–Trinajstić information content (AvgIpc) is 3.44. The van der Waals surface area contributed by atoms with Gasteiger partial charge >= 0.3 is 0 Å². The summed E-state index contributed by atoms with van der Waals surface area (Å²) in [6.07, 6.45) is 2.10. The molecule has 0 saturated heterocycles. The molecular weight excluding hydrogens is 374 g/mol. The fourth-order valence-electron chi connectivity index (χ4n) is 6.12. The Labute approximate surface area is 182 Å². The lowest BCUT2D eigenvalue weighted by molar-refractivity contribution is 0.824. The van der Waals surface area contributed by atoms with E-state index in [-0.39, 0.29) is 0 Å². The van der Waals surface area contributed by atoms with Crippen LogP contribution in [0.5, 0.6) is 0 Å². The quantitative estimate of drug-likeness (QED) is 0.293. The first kappa shape index (κ1) is 17.1. The zero-order valence-corrected chi connectivity index (χ0v) is 17.6. The van der Waals surface area contributed by atoms with Crippen LogP contribution in [0.1, 0.15) is 33.7 Å². The van der Waals surface area contributed by atoms with E-state index in [0.29, 0.717) is 5.92 Å². The van der Waals surface area contributed by atoms with E-state index in [1.54, 1.807) is 0 Å². The van der Waals surface area contributed by atoms with Gasteiger partial charge in [-0.3, -0.25) is 0 Å². The molecule has 7 rings (SSSR count). The van der Waals surface area contributed by atoms with E-state index in [1.807, 2.05) is 0 Å². The van der Waals surface area contributed by atoms with Gasteiger partial charge in [0.15, 0.2) is 0 Å². The molecule has 31 heavy (non-hydrogen) atoms. The van der Waals surface area contributed by atoms with E-state index in [0.717, 1.165) is 12.8 Å². The molecule has 1 nitrogen and oxygen atoms in total. The maximum atomic E-state index is 2.40. The highest BCUT2D eigenvalue weighted by molar-refractivity contribution is 5.96. The molecule has 0 saturated carbocycles. The van der Waals surface area contributed by atoms with Crippen LogP contribution in [0.4, 0.5) is 0 Å². The fraction of sp³-hybridized carbons (Fsp3) is 0.133. The van der Waals surface area contributed by atoms with Crippen LogP contribution >= 0.6 is 0 Å². The van der Waals surface area contributed by atoms with Crippen LogP contribution in [-0.4, -0.2) is 4.57 Å². The summed E-state index contributed by atoms with van der Waals surface area (Å²) >= 11 is 0. The van der Waals surface area contributed by atoms with Crippen LogP contribution in [0, 0.1) is 0 Å². The first-order valence-corrected chi connectivity index (χ1v) is 11.2. The fourth-order valence-corrected chi connectivity index (χ4v) is 6.12. The number of benzene rings is 4. The molecule has 0 aliphatic heterocycles. The molecule has 1 unspecified atom stereocenters. The molecule has 1 heterocycles. The van der Waals surface area contributed by atoms with Gasteiger partial charge in [0, 0.05) is 29.4 Å². The summed E-state index contributed by atoms with van der Waals surface area (Å²) in [7, 11) is 2.22. The largest absolute Gasteiger partial charge is 0.343 e. The van der Waals surface area contributed by atoms with Crippen molar-refractivity contribution >= 4 is 10.9 Å². The van der Waals surface area contributed by atoms with Gasteiger partial charge in [-0.2, -0.15) is 0 Å². The highest BCUT2D eigenvalue weighted by atomic mass is 15.0. The van der Waals surface area contributed by atoms with Crippen molar-refractivity contribution in [1.29, 1.82) is 0 Å². The van der Waals surface area contributed by atoms with Crippen molar-refractivity contribution in [2.45, 2.75) is 18.8 Å². The van der Waals surface area contributed by atoms with Gasteiger partial charge in [0.25, 0.3) is 0 Å². The molecule has 0 N–H and O–H groups in total. The van der Waals surface area contributed by atoms with Gasteiger partial charge < -0.3 is 4.57 Å². The van der Waals surface area contributed by atoms with Crippen molar-refractivity contribution in [3.8, 4) is 22.4 Å². The molecule has 4 aromatic carbocycles. The third kappa shape index (κ3) is 2.26. The number of hydrogen-bond acceptors (Lipinski definition) is 0. The molecule has 0 fully saturated rings. The molecule has 0 amide bonds. The molecule has 2 aliphatic rings. The molecule has 1 aromatic heterocycles. The van der Waals surface area contributed by atoms with E-state index in [4.69, 9.17) is 0 Å². The molecule has 5 aromatic rings. The molecule has 0 bridgehead atoms. The van der Waals surface area contributed by atoms with Crippen LogP contribution in [0.3, 0.4) is 0 Å². The van der Waals surface area contributed by atoms with Gasteiger partial charge in [0.1, 0.15) is 0 Å². The average molecular weight is 398 g/mol. The van der Waals surface area contributed by atoms with Crippen LogP contribution in [-0.2, 0) is 19.9 Å².